The van der Waals surface area contributed by atoms with Crippen molar-refractivity contribution in [2.75, 3.05) is 46.9 Å². The maximum Gasteiger partial charge on any atom is 0.0593 e. The third-order valence-electron chi connectivity index (χ3n) is 1.78. The molecular formula is C11H22N2O. The van der Waals surface area contributed by atoms with Crippen molar-refractivity contribution in [2.45, 2.75) is 12.8 Å². The molecule has 0 saturated carbocycles. The second-order valence-electron chi connectivity index (χ2n) is 3.47. The van der Waals surface area contributed by atoms with Crippen molar-refractivity contribution in [3.63, 3.8) is 0 Å². The van der Waals surface area contributed by atoms with Crippen molar-refractivity contribution in [2.24, 2.45) is 0 Å². The highest BCUT2D eigenvalue weighted by atomic mass is 16.5. The van der Waals surface area contributed by atoms with Gasteiger partial charge in [-0.15, -0.1) is 12.3 Å². The fraction of sp³-hybridized carbons (Fsp3) is 0.818. The number of rotatable bonds is 9. The Morgan fingerprint density at radius 3 is 2.71 bits per heavy atom. The van der Waals surface area contributed by atoms with Crippen LogP contribution < -0.4 is 5.32 Å². The first-order valence-electron chi connectivity index (χ1n) is 5.14. The third-order valence-corrected chi connectivity index (χ3v) is 1.78. The zero-order valence-corrected chi connectivity index (χ0v) is 9.38. The first kappa shape index (κ1) is 13.4. The fourth-order valence-electron chi connectivity index (χ4n) is 0.934. The largest absolute Gasteiger partial charge is 0.379 e. The Morgan fingerprint density at radius 2 is 2.07 bits per heavy atom. The summed E-state index contributed by atoms with van der Waals surface area (Å²) >= 11 is 0. The van der Waals surface area contributed by atoms with Crippen LogP contribution in [0.1, 0.15) is 12.8 Å². The lowest BCUT2D eigenvalue weighted by molar-refractivity contribution is 0.119. The van der Waals surface area contributed by atoms with Gasteiger partial charge in [-0.05, 0) is 27.1 Å². The van der Waals surface area contributed by atoms with Gasteiger partial charge in [-0.3, -0.25) is 0 Å². The molecule has 0 aromatic carbocycles. The molecule has 0 aliphatic carbocycles. The van der Waals surface area contributed by atoms with Gasteiger partial charge in [0.2, 0.25) is 0 Å². The molecule has 0 fully saturated rings. The van der Waals surface area contributed by atoms with Gasteiger partial charge < -0.3 is 15.0 Å². The number of likely N-dealkylation sites (N-methyl/N-ethyl adjacent to an activating group) is 1. The predicted octanol–water partition coefficient (Wildman–Crippen LogP) is 0.568. The molecule has 0 aliphatic rings. The summed E-state index contributed by atoms with van der Waals surface area (Å²) in [4.78, 5) is 2.11. The summed E-state index contributed by atoms with van der Waals surface area (Å²) in [5, 5.41) is 3.27. The molecule has 0 aliphatic heterocycles. The second-order valence-corrected chi connectivity index (χ2v) is 3.47. The van der Waals surface area contributed by atoms with Gasteiger partial charge in [-0.25, -0.2) is 0 Å². The summed E-state index contributed by atoms with van der Waals surface area (Å²) in [5.41, 5.74) is 0. The Bertz CT molecular complexity index is 152. The first-order valence-corrected chi connectivity index (χ1v) is 5.14. The number of unbranched alkanes of at least 4 members (excludes halogenated alkanes) is 1. The normalized spacial score (nSPS) is 10.4. The highest BCUT2D eigenvalue weighted by molar-refractivity contribution is 4.83. The molecule has 0 rings (SSSR count). The Balaban J connectivity index is 2.89. The highest BCUT2D eigenvalue weighted by Crippen LogP contribution is 1.82. The molecule has 0 aromatic rings. The Labute approximate surface area is 87.8 Å². The summed E-state index contributed by atoms with van der Waals surface area (Å²) in [5.74, 6) is 2.61. The number of ether oxygens (including phenoxy) is 1. The van der Waals surface area contributed by atoms with Gasteiger partial charge in [0.1, 0.15) is 0 Å². The molecule has 0 aromatic heterocycles. The van der Waals surface area contributed by atoms with Crippen molar-refractivity contribution in [3.05, 3.63) is 0 Å². The maximum absolute atomic E-state index is 5.41. The molecular weight excluding hydrogens is 176 g/mol. The smallest absolute Gasteiger partial charge is 0.0593 e. The van der Waals surface area contributed by atoms with Crippen LogP contribution in [0.2, 0.25) is 0 Å². The van der Waals surface area contributed by atoms with Crippen molar-refractivity contribution in [1.29, 1.82) is 0 Å². The van der Waals surface area contributed by atoms with Crippen LogP contribution in [0.4, 0.5) is 0 Å². The van der Waals surface area contributed by atoms with Gasteiger partial charge >= 0.3 is 0 Å². The van der Waals surface area contributed by atoms with E-state index in [4.69, 9.17) is 11.2 Å². The molecule has 0 radical (unpaired) electrons. The van der Waals surface area contributed by atoms with Crippen molar-refractivity contribution in [1.82, 2.24) is 10.2 Å². The van der Waals surface area contributed by atoms with Gasteiger partial charge in [0.05, 0.1) is 13.2 Å². The molecule has 0 spiro atoms. The third kappa shape index (κ3) is 11.4. The number of nitrogens with one attached hydrogen (secondary N) is 1. The maximum atomic E-state index is 5.41. The minimum absolute atomic E-state index is 0.782. The van der Waals surface area contributed by atoms with E-state index in [9.17, 15) is 0 Å². The number of hydrogen-bond donors (Lipinski definition) is 1. The van der Waals surface area contributed by atoms with Crippen LogP contribution in [0.3, 0.4) is 0 Å². The Morgan fingerprint density at radius 1 is 1.29 bits per heavy atom. The van der Waals surface area contributed by atoms with Crippen LogP contribution in [-0.4, -0.2) is 51.8 Å². The summed E-state index contributed by atoms with van der Waals surface area (Å²) < 4.78 is 5.41. The molecule has 0 heterocycles. The molecule has 1 N–H and O–H groups in total. The van der Waals surface area contributed by atoms with Crippen LogP contribution in [0, 0.1) is 12.3 Å². The zero-order chi connectivity index (χ0) is 10.6. The van der Waals surface area contributed by atoms with E-state index in [2.05, 4.69) is 16.1 Å². The Hall–Kier alpha value is -0.560. The first-order chi connectivity index (χ1) is 6.77. The summed E-state index contributed by atoms with van der Waals surface area (Å²) in [6, 6.07) is 0. The second kappa shape index (κ2) is 10.5. The predicted molar refractivity (Wildman–Crippen MR) is 60.3 cm³/mol. The monoisotopic (exact) mass is 198 g/mol. The molecule has 0 saturated heterocycles. The van der Waals surface area contributed by atoms with Crippen molar-refractivity contribution >= 4 is 0 Å². The van der Waals surface area contributed by atoms with Gasteiger partial charge in [-0.1, -0.05) is 0 Å². The number of terminal acetylenes is 1. The molecule has 0 atom stereocenters. The van der Waals surface area contributed by atoms with Gasteiger partial charge in [0, 0.05) is 19.5 Å². The van der Waals surface area contributed by atoms with E-state index in [-0.39, 0.29) is 0 Å². The minimum atomic E-state index is 0.782. The molecule has 82 valence electrons. The van der Waals surface area contributed by atoms with E-state index in [1.54, 1.807) is 0 Å². The summed E-state index contributed by atoms with van der Waals surface area (Å²) in [6.45, 7) is 4.47. The summed E-state index contributed by atoms with van der Waals surface area (Å²) in [6.07, 6.45) is 7.04. The SMILES string of the molecule is C#CCCCNCCOCCN(C)C. The minimum Gasteiger partial charge on any atom is -0.379 e. The van der Waals surface area contributed by atoms with Crippen LogP contribution in [0.5, 0.6) is 0 Å². The number of hydrogen-bond acceptors (Lipinski definition) is 3. The van der Waals surface area contributed by atoms with Gasteiger partial charge in [0.15, 0.2) is 0 Å². The molecule has 3 nitrogen and oxygen atoms in total. The van der Waals surface area contributed by atoms with Crippen molar-refractivity contribution in [3.8, 4) is 12.3 Å². The highest BCUT2D eigenvalue weighted by Gasteiger charge is 1.90. The van der Waals surface area contributed by atoms with Gasteiger partial charge in [0.25, 0.3) is 0 Å². The van der Waals surface area contributed by atoms with Crippen LogP contribution in [0.25, 0.3) is 0 Å². The standard InChI is InChI=1S/C11H22N2O/c1-4-5-6-7-12-8-10-14-11-9-13(2)3/h1,12H,5-11H2,2-3H3. The van der Waals surface area contributed by atoms with E-state index >= 15 is 0 Å². The lowest BCUT2D eigenvalue weighted by atomic mass is 10.3. The fourth-order valence-corrected chi connectivity index (χ4v) is 0.934. The average molecular weight is 198 g/mol. The molecule has 0 bridgehead atoms. The quantitative estimate of drug-likeness (QED) is 0.433. The van der Waals surface area contributed by atoms with Crippen LogP contribution in [-0.2, 0) is 4.74 Å². The van der Waals surface area contributed by atoms with E-state index in [0.29, 0.717) is 0 Å². The van der Waals surface area contributed by atoms with Crippen molar-refractivity contribution < 1.29 is 4.74 Å². The van der Waals surface area contributed by atoms with Gasteiger partial charge in [-0.2, -0.15) is 0 Å². The summed E-state index contributed by atoms with van der Waals surface area (Å²) in [7, 11) is 4.09. The van der Waals surface area contributed by atoms with Crippen LogP contribution >= 0.6 is 0 Å². The average Bonchev–Trinajstić information content (AvgIpc) is 2.15. The zero-order valence-electron chi connectivity index (χ0n) is 9.38. The van der Waals surface area contributed by atoms with E-state index in [0.717, 1.165) is 45.7 Å². The lowest BCUT2D eigenvalue weighted by Gasteiger charge is -2.09. The molecule has 14 heavy (non-hydrogen) atoms. The van der Waals surface area contributed by atoms with Crippen LogP contribution in [0.15, 0.2) is 0 Å². The Kier molecular flexibility index (Phi) is 10.1. The lowest BCUT2D eigenvalue weighted by Crippen LogP contribution is -2.23. The van der Waals surface area contributed by atoms with E-state index in [1.165, 1.54) is 0 Å². The van der Waals surface area contributed by atoms with E-state index in [1.807, 2.05) is 14.1 Å². The molecule has 0 amide bonds. The number of nitrogens with zero attached hydrogens (tertiary/aromatic N) is 1. The van der Waals surface area contributed by atoms with E-state index < -0.39 is 0 Å². The topological polar surface area (TPSA) is 24.5 Å². The molecule has 3 heteroatoms. The molecule has 0 unspecified atom stereocenters.